The molecule has 1 aromatic carbocycles. The normalized spacial score (nSPS) is 25.8. The fourth-order valence-electron chi connectivity index (χ4n) is 3.98. The zero-order chi connectivity index (χ0) is 18.0. The number of rotatable bonds is 4. The van der Waals surface area contributed by atoms with E-state index in [-0.39, 0.29) is 29.7 Å². The molecule has 136 valence electrons. The number of hydrogen-bond donors (Lipinski definition) is 1. The summed E-state index contributed by atoms with van der Waals surface area (Å²) in [7, 11) is 0. The average molecular weight is 349 g/mol. The lowest BCUT2D eigenvalue weighted by Crippen LogP contribution is -2.44. The summed E-state index contributed by atoms with van der Waals surface area (Å²) in [5, 5.41) is 9.30. The van der Waals surface area contributed by atoms with Crippen LogP contribution in [-0.4, -0.2) is 47.7 Å². The Morgan fingerprint density at radius 1 is 1.28 bits per heavy atom. The summed E-state index contributed by atoms with van der Waals surface area (Å²) in [4.78, 5) is 25.8. The first-order valence-corrected chi connectivity index (χ1v) is 8.86. The van der Waals surface area contributed by atoms with Gasteiger partial charge in [-0.3, -0.25) is 9.59 Å². The number of aliphatic carboxylic acids is 1. The highest BCUT2D eigenvalue weighted by Gasteiger charge is 2.41. The smallest absolute Gasteiger partial charge is 0.309 e. The van der Waals surface area contributed by atoms with Crippen molar-refractivity contribution < 1.29 is 23.8 Å². The van der Waals surface area contributed by atoms with Gasteiger partial charge in [-0.25, -0.2) is 4.39 Å². The molecule has 3 atom stereocenters. The molecule has 2 heterocycles. The number of likely N-dealkylation sites (tertiary alicyclic amines) is 1. The molecule has 0 radical (unpaired) electrons. The molecule has 2 saturated heterocycles. The van der Waals surface area contributed by atoms with Crippen LogP contribution in [0.1, 0.15) is 37.7 Å². The van der Waals surface area contributed by atoms with Crippen LogP contribution in [0.5, 0.6) is 0 Å². The van der Waals surface area contributed by atoms with Gasteiger partial charge in [0.1, 0.15) is 5.82 Å². The van der Waals surface area contributed by atoms with Crippen LogP contribution in [0.3, 0.4) is 0 Å². The second kappa shape index (κ2) is 7.52. The summed E-state index contributed by atoms with van der Waals surface area (Å²) in [6, 6.07) is 6.15. The quantitative estimate of drug-likeness (QED) is 0.907. The summed E-state index contributed by atoms with van der Waals surface area (Å²) in [6.45, 7) is 3.48. The maximum atomic E-state index is 13.4. The summed E-state index contributed by atoms with van der Waals surface area (Å²) in [6.07, 6.45) is 1.82. The maximum Gasteiger partial charge on any atom is 0.309 e. The second-order valence-electron chi connectivity index (χ2n) is 7.01. The van der Waals surface area contributed by atoms with Crippen LogP contribution in [0.25, 0.3) is 0 Å². The Bertz CT molecular complexity index is 642. The van der Waals surface area contributed by atoms with Crippen LogP contribution in [-0.2, 0) is 14.3 Å². The summed E-state index contributed by atoms with van der Waals surface area (Å²) < 4.78 is 19.0. The molecule has 0 unspecified atom stereocenters. The maximum absolute atomic E-state index is 13.4. The minimum Gasteiger partial charge on any atom is -0.481 e. The van der Waals surface area contributed by atoms with Gasteiger partial charge in [-0.2, -0.15) is 0 Å². The topological polar surface area (TPSA) is 66.8 Å². The van der Waals surface area contributed by atoms with E-state index in [0.29, 0.717) is 31.7 Å². The van der Waals surface area contributed by atoms with Crippen molar-refractivity contribution in [1.82, 2.24) is 4.90 Å². The monoisotopic (exact) mass is 349 g/mol. The molecular weight excluding hydrogens is 325 g/mol. The first kappa shape index (κ1) is 17.9. The third-order valence-electron chi connectivity index (χ3n) is 5.49. The summed E-state index contributed by atoms with van der Waals surface area (Å²) >= 11 is 0. The molecule has 0 aliphatic carbocycles. The van der Waals surface area contributed by atoms with Crippen molar-refractivity contribution in [2.24, 2.45) is 11.8 Å². The SMILES string of the molecule is C[C@H](C(=O)N1CCC([C@@H]2OCC[C@@H]2C(=O)O)CC1)c1cccc(F)c1. The lowest BCUT2D eigenvalue weighted by Gasteiger charge is -2.36. The molecule has 3 rings (SSSR count). The Kier molecular flexibility index (Phi) is 5.37. The van der Waals surface area contributed by atoms with E-state index in [0.717, 1.165) is 12.8 Å². The van der Waals surface area contributed by atoms with Crippen molar-refractivity contribution in [2.75, 3.05) is 19.7 Å². The van der Waals surface area contributed by atoms with Crippen molar-refractivity contribution >= 4 is 11.9 Å². The van der Waals surface area contributed by atoms with Crippen LogP contribution in [0.2, 0.25) is 0 Å². The molecular formula is C19H24FNO4. The van der Waals surface area contributed by atoms with Gasteiger partial charge in [0.2, 0.25) is 5.91 Å². The highest BCUT2D eigenvalue weighted by molar-refractivity contribution is 5.83. The molecule has 2 aliphatic heterocycles. The third kappa shape index (κ3) is 3.84. The predicted molar refractivity (Wildman–Crippen MR) is 89.6 cm³/mol. The molecule has 1 aromatic rings. The lowest BCUT2D eigenvalue weighted by atomic mass is 9.84. The Hall–Kier alpha value is -1.95. The summed E-state index contributed by atoms with van der Waals surface area (Å²) in [5.74, 6) is -1.78. The standard InChI is InChI=1S/C19H24FNO4/c1-12(14-3-2-4-15(20)11-14)18(22)21-8-5-13(6-9-21)17-16(19(23)24)7-10-25-17/h2-4,11-13,16-17H,5-10H2,1H3,(H,23,24)/t12-,16-,17-/m0/s1. The van der Waals surface area contributed by atoms with Crippen molar-refractivity contribution in [3.63, 3.8) is 0 Å². The number of amides is 1. The van der Waals surface area contributed by atoms with E-state index in [1.54, 1.807) is 24.0 Å². The van der Waals surface area contributed by atoms with Gasteiger partial charge >= 0.3 is 5.97 Å². The van der Waals surface area contributed by atoms with Gasteiger partial charge in [0.05, 0.1) is 17.9 Å². The molecule has 2 aliphatic rings. The number of carbonyl (C=O) groups is 2. The van der Waals surface area contributed by atoms with Crippen molar-refractivity contribution in [2.45, 2.75) is 38.2 Å². The predicted octanol–water partition coefficient (Wildman–Crippen LogP) is 2.66. The third-order valence-corrected chi connectivity index (χ3v) is 5.49. The largest absolute Gasteiger partial charge is 0.481 e. The molecule has 2 fully saturated rings. The van der Waals surface area contributed by atoms with Gasteiger partial charge in [0.25, 0.3) is 0 Å². The number of halogens is 1. The molecule has 0 bridgehead atoms. The van der Waals surface area contributed by atoms with Crippen LogP contribution >= 0.6 is 0 Å². The van der Waals surface area contributed by atoms with Gasteiger partial charge in [-0.05, 0) is 49.8 Å². The van der Waals surface area contributed by atoms with Crippen molar-refractivity contribution in [3.05, 3.63) is 35.6 Å². The molecule has 0 saturated carbocycles. The molecule has 5 nitrogen and oxygen atoms in total. The minimum atomic E-state index is -0.791. The van der Waals surface area contributed by atoms with Gasteiger partial charge in [0.15, 0.2) is 0 Å². The van der Waals surface area contributed by atoms with E-state index in [2.05, 4.69) is 0 Å². The Morgan fingerprint density at radius 2 is 2.00 bits per heavy atom. The number of nitrogens with zero attached hydrogens (tertiary/aromatic N) is 1. The Morgan fingerprint density at radius 3 is 2.64 bits per heavy atom. The van der Waals surface area contributed by atoms with Gasteiger partial charge in [-0.15, -0.1) is 0 Å². The molecule has 0 aromatic heterocycles. The van der Waals surface area contributed by atoms with Crippen LogP contribution in [0.4, 0.5) is 4.39 Å². The average Bonchev–Trinajstić information content (AvgIpc) is 3.10. The molecule has 6 heteroatoms. The zero-order valence-corrected chi connectivity index (χ0v) is 14.4. The summed E-state index contributed by atoms with van der Waals surface area (Å²) in [5.41, 5.74) is 0.678. The number of piperidine rings is 1. The van der Waals surface area contributed by atoms with E-state index in [4.69, 9.17) is 4.74 Å². The number of carboxylic acids is 1. The molecule has 25 heavy (non-hydrogen) atoms. The van der Waals surface area contributed by atoms with Crippen LogP contribution in [0.15, 0.2) is 24.3 Å². The van der Waals surface area contributed by atoms with Crippen molar-refractivity contribution in [3.8, 4) is 0 Å². The number of hydrogen-bond acceptors (Lipinski definition) is 3. The molecule has 0 spiro atoms. The highest BCUT2D eigenvalue weighted by Crippen LogP contribution is 2.34. The van der Waals surface area contributed by atoms with Crippen LogP contribution in [0, 0.1) is 17.7 Å². The van der Waals surface area contributed by atoms with E-state index in [9.17, 15) is 19.1 Å². The van der Waals surface area contributed by atoms with Crippen LogP contribution < -0.4 is 0 Å². The van der Waals surface area contributed by atoms with Gasteiger partial charge in [-0.1, -0.05) is 12.1 Å². The van der Waals surface area contributed by atoms with E-state index in [1.165, 1.54) is 12.1 Å². The second-order valence-corrected chi connectivity index (χ2v) is 7.01. The highest BCUT2D eigenvalue weighted by atomic mass is 19.1. The first-order chi connectivity index (χ1) is 12.0. The first-order valence-electron chi connectivity index (χ1n) is 8.86. The number of carboxylic acid groups (broad SMARTS) is 1. The minimum absolute atomic E-state index is 0.00817. The molecule has 1 N–H and O–H groups in total. The van der Waals surface area contributed by atoms with Gasteiger partial charge in [0, 0.05) is 19.7 Å². The fraction of sp³-hybridized carbons (Fsp3) is 0.579. The Balaban J connectivity index is 1.58. The molecule has 1 amide bonds. The van der Waals surface area contributed by atoms with E-state index in [1.807, 2.05) is 0 Å². The van der Waals surface area contributed by atoms with Gasteiger partial charge < -0.3 is 14.7 Å². The lowest BCUT2D eigenvalue weighted by molar-refractivity contribution is -0.146. The van der Waals surface area contributed by atoms with E-state index < -0.39 is 11.9 Å². The van der Waals surface area contributed by atoms with Crippen molar-refractivity contribution in [1.29, 1.82) is 0 Å². The number of benzene rings is 1. The van der Waals surface area contributed by atoms with E-state index >= 15 is 0 Å². The number of carbonyl (C=O) groups excluding carboxylic acids is 1. The fourth-order valence-corrected chi connectivity index (χ4v) is 3.98. The Labute approximate surface area is 146 Å². The number of ether oxygens (including phenoxy) is 1. The zero-order valence-electron chi connectivity index (χ0n) is 14.4.